The second kappa shape index (κ2) is 5.54. The summed E-state index contributed by atoms with van der Waals surface area (Å²) in [6.45, 7) is 6.43. The molecule has 0 aromatic heterocycles. The van der Waals surface area contributed by atoms with Crippen LogP contribution in [-0.4, -0.2) is 5.11 Å². The molecule has 0 saturated heterocycles. The molecule has 0 amide bonds. The van der Waals surface area contributed by atoms with E-state index in [1.165, 1.54) is 24.8 Å². The van der Waals surface area contributed by atoms with Crippen LogP contribution in [0.3, 0.4) is 0 Å². The summed E-state index contributed by atoms with van der Waals surface area (Å²) in [5.74, 6) is 0.854. The predicted molar refractivity (Wildman–Crippen MR) is 80.5 cm³/mol. The second-order valence-corrected chi connectivity index (χ2v) is 6.26. The van der Waals surface area contributed by atoms with Gasteiger partial charge in [0.2, 0.25) is 0 Å². The summed E-state index contributed by atoms with van der Waals surface area (Å²) in [4.78, 5) is 0. The lowest BCUT2D eigenvalue weighted by Crippen LogP contribution is -2.39. The van der Waals surface area contributed by atoms with Crippen LogP contribution in [0, 0.1) is 0 Å². The zero-order chi connectivity index (χ0) is 14.0. The molecule has 19 heavy (non-hydrogen) atoms. The number of hydrogen-bond acceptors (Lipinski definition) is 2. The third-order valence-electron chi connectivity index (χ3n) is 4.54. The van der Waals surface area contributed by atoms with Crippen LogP contribution in [0.2, 0.25) is 0 Å². The average molecular weight is 261 g/mol. The summed E-state index contributed by atoms with van der Waals surface area (Å²) < 4.78 is 0. The minimum Gasteiger partial charge on any atom is -0.507 e. The van der Waals surface area contributed by atoms with Crippen LogP contribution in [0.15, 0.2) is 12.1 Å². The summed E-state index contributed by atoms with van der Waals surface area (Å²) in [7, 11) is 0. The van der Waals surface area contributed by atoms with Crippen LogP contribution in [0.4, 0.5) is 0 Å². The van der Waals surface area contributed by atoms with Crippen LogP contribution in [0.5, 0.6) is 5.75 Å². The van der Waals surface area contributed by atoms with Gasteiger partial charge in [-0.1, -0.05) is 52.2 Å². The number of rotatable bonds is 3. The van der Waals surface area contributed by atoms with Crippen molar-refractivity contribution in [2.45, 2.75) is 70.8 Å². The van der Waals surface area contributed by atoms with Gasteiger partial charge in [0.05, 0.1) is 0 Å². The van der Waals surface area contributed by atoms with Gasteiger partial charge in [-0.05, 0) is 36.3 Å². The smallest absolute Gasteiger partial charge is 0.124 e. The van der Waals surface area contributed by atoms with Gasteiger partial charge in [0.1, 0.15) is 5.75 Å². The summed E-state index contributed by atoms with van der Waals surface area (Å²) in [5, 5.41) is 10.7. The third kappa shape index (κ3) is 2.64. The Bertz CT molecular complexity index is 445. The van der Waals surface area contributed by atoms with Gasteiger partial charge in [0.25, 0.3) is 0 Å². The van der Waals surface area contributed by atoms with E-state index in [4.69, 9.17) is 5.73 Å². The monoisotopic (exact) mass is 261 g/mol. The normalized spacial score (nSPS) is 18.8. The first-order valence-electron chi connectivity index (χ1n) is 7.63. The summed E-state index contributed by atoms with van der Waals surface area (Å²) in [6.07, 6.45) is 6.45. The number of aryl methyl sites for hydroxylation is 1. The summed E-state index contributed by atoms with van der Waals surface area (Å²) >= 11 is 0. The molecule has 0 unspecified atom stereocenters. The Balaban J connectivity index is 2.57. The van der Waals surface area contributed by atoms with Crippen molar-refractivity contribution in [2.24, 2.45) is 5.73 Å². The van der Waals surface area contributed by atoms with E-state index < -0.39 is 0 Å². The van der Waals surface area contributed by atoms with E-state index in [1.807, 2.05) is 0 Å². The van der Waals surface area contributed by atoms with Crippen LogP contribution < -0.4 is 5.73 Å². The van der Waals surface area contributed by atoms with E-state index >= 15 is 0 Å². The first-order valence-corrected chi connectivity index (χ1v) is 7.63. The molecule has 1 aromatic carbocycles. The Morgan fingerprint density at radius 2 is 1.84 bits per heavy atom. The third-order valence-corrected chi connectivity index (χ3v) is 4.54. The van der Waals surface area contributed by atoms with Gasteiger partial charge < -0.3 is 10.8 Å². The maximum atomic E-state index is 10.7. The molecule has 1 aliphatic carbocycles. The Morgan fingerprint density at radius 1 is 1.21 bits per heavy atom. The zero-order valence-corrected chi connectivity index (χ0v) is 12.5. The SMILES string of the molecule is CCc1ccc(C(C)C)c(C2(N)CCCCC2)c1O. The highest BCUT2D eigenvalue weighted by Crippen LogP contribution is 2.44. The molecule has 2 rings (SSSR count). The highest BCUT2D eigenvalue weighted by molar-refractivity contribution is 5.50. The molecule has 0 bridgehead atoms. The Labute approximate surface area is 117 Å². The number of phenolic OH excluding ortho intramolecular Hbond substituents is 1. The van der Waals surface area contributed by atoms with Crippen molar-refractivity contribution >= 4 is 0 Å². The predicted octanol–water partition coefficient (Wildman–Crippen LogP) is 4.20. The highest BCUT2D eigenvalue weighted by Gasteiger charge is 2.35. The van der Waals surface area contributed by atoms with E-state index in [0.29, 0.717) is 11.7 Å². The Morgan fingerprint density at radius 3 is 2.37 bits per heavy atom. The average Bonchev–Trinajstić information content (AvgIpc) is 2.38. The van der Waals surface area contributed by atoms with Crippen molar-refractivity contribution in [3.63, 3.8) is 0 Å². The maximum Gasteiger partial charge on any atom is 0.124 e. The minimum atomic E-state index is -0.326. The molecular weight excluding hydrogens is 234 g/mol. The molecule has 0 aliphatic heterocycles. The van der Waals surface area contributed by atoms with E-state index in [2.05, 4.69) is 32.9 Å². The fourth-order valence-electron chi connectivity index (χ4n) is 3.37. The number of aromatic hydroxyl groups is 1. The van der Waals surface area contributed by atoms with Crippen LogP contribution >= 0.6 is 0 Å². The fourth-order valence-corrected chi connectivity index (χ4v) is 3.37. The van der Waals surface area contributed by atoms with E-state index in [-0.39, 0.29) is 5.54 Å². The van der Waals surface area contributed by atoms with Gasteiger partial charge in [-0.15, -0.1) is 0 Å². The number of phenols is 1. The number of hydrogen-bond donors (Lipinski definition) is 2. The van der Waals surface area contributed by atoms with Crippen LogP contribution in [0.25, 0.3) is 0 Å². The van der Waals surface area contributed by atoms with Gasteiger partial charge in [-0.25, -0.2) is 0 Å². The van der Waals surface area contributed by atoms with Crippen LogP contribution in [0.1, 0.15) is 75.5 Å². The van der Waals surface area contributed by atoms with Gasteiger partial charge in [0, 0.05) is 11.1 Å². The number of benzene rings is 1. The molecule has 1 aliphatic rings. The maximum absolute atomic E-state index is 10.7. The number of nitrogens with two attached hydrogens (primary N) is 1. The molecule has 1 saturated carbocycles. The standard InChI is InChI=1S/C17H27NO/c1-4-13-8-9-14(12(2)3)15(16(13)19)17(18)10-6-5-7-11-17/h8-9,12,19H,4-7,10-11,18H2,1-3H3. The van der Waals surface area contributed by atoms with E-state index in [1.54, 1.807) is 0 Å². The van der Waals surface area contributed by atoms with Crippen molar-refractivity contribution in [3.05, 3.63) is 28.8 Å². The molecule has 106 valence electrons. The minimum absolute atomic E-state index is 0.326. The molecule has 0 heterocycles. The van der Waals surface area contributed by atoms with Gasteiger partial charge in [-0.3, -0.25) is 0 Å². The molecule has 2 heteroatoms. The first kappa shape index (κ1) is 14.4. The lowest BCUT2D eigenvalue weighted by atomic mass is 9.73. The molecule has 2 nitrogen and oxygen atoms in total. The van der Waals surface area contributed by atoms with Crippen molar-refractivity contribution in [2.75, 3.05) is 0 Å². The van der Waals surface area contributed by atoms with Gasteiger partial charge >= 0.3 is 0 Å². The van der Waals surface area contributed by atoms with E-state index in [0.717, 1.165) is 30.4 Å². The highest BCUT2D eigenvalue weighted by atomic mass is 16.3. The quantitative estimate of drug-likeness (QED) is 0.856. The lowest BCUT2D eigenvalue weighted by Gasteiger charge is -2.37. The molecule has 3 N–H and O–H groups in total. The van der Waals surface area contributed by atoms with Crippen LogP contribution in [-0.2, 0) is 12.0 Å². The fraction of sp³-hybridized carbons (Fsp3) is 0.647. The molecular formula is C17H27NO. The van der Waals surface area contributed by atoms with Gasteiger partial charge in [-0.2, -0.15) is 0 Å². The molecule has 0 spiro atoms. The van der Waals surface area contributed by atoms with Crippen molar-refractivity contribution in [1.29, 1.82) is 0 Å². The summed E-state index contributed by atoms with van der Waals surface area (Å²) in [6, 6.07) is 4.22. The molecule has 0 atom stereocenters. The van der Waals surface area contributed by atoms with Crippen molar-refractivity contribution in [1.82, 2.24) is 0 Å². The van der Waals surface area contributed by atoms with Gasteiger partial charge in [0.15, 0.2) is 0 Å². The second-order valence-electron chi connectivity index (χ2n) is 6.26. The Kier molecular flexibility index (Phi) is 4.19. The Hall–Kier alpha value is -1.02. The van der Waals surface area contributed by atoms with Crippen molar-refractivity contribution < 1.29 is 5.11 Å². The largest absolute Gasteiger partial charge is 0.507 e. The zero-order valence-electron chi connectivity index (χ0n) is 12.5. The molecule has 1 fully saturated rings. The topological polar surface area (TPSA) is 46.2 Å². The van der Waals surface area contributed by atoms with Crippen molar-refractivity contribution in [3.8, 4) is 5.75 Å². The first-order chi connectivity index (χ1) is 8.99. The van der Waals surface area contributed by atoms with E-state index in [9.17, 15) is 5.11 Å². The molecule has 0 radical (unpaired) electrons. The summed E-state index contributed by atoms with van der Waals surface area (Å²) in [5.41, 5.74) is 9.63. The molecule has 1 aromatic rings. The lowest BCUT2D eigenvalue weighted by molar-refractivity contribution is 0.288.